The molecule has 8 N–H and O–H groups in total. The van der Waals surface area contributed by atoms with Crippen molar-refractivity contribution in [3.05, 3.63) is 89.5 Å². The number of amides is 2. The number of nitrogens with two attached hydrogens (primary N) is 4. The maximum absolute atomic E-state index is 11.8. The molecule has 0 bridgehead atoms. The van der Waals surface area contributed by atoms with Gasteiger partial charge in [-0.25, -0.2) is 0 Å². The van der Waals surface area contributed by atoms with Crippen LogP contribution in [0, 0.1) is 0 Å². The molecule has 0 atom stereocenters. The van der Waals surface area contributed by atoms with Crippen molar-refractivity contribution in [1.29, 1.82) is 0 Å². The molecule has 0 unspecified atom stereocenters. The average Bonchev–Trinajstić information content (AvgIpc) is 2.77. The quantitative estimate of drug-likeness (QED) is 0.340. The second-order valence-electron chi connectivity index (χ2n) is 6.77. The molecular weight excluding hydrogens is 408 g/mol. The van der Waals surface area contributed by atoms with Gasteiger partial charge in [-0.15, -0.1) is 0 Å². The number of ether oxygens (including phenoxy) is 1. The highest BCUT2D eigenvalue weighted by Gasteiger charge is 2.07. The van der Waals surface area contributed by atoms with Gasteiger partial charge >= 0.3 is 0 Å². The number of guanidine groups is 2. The summed E-state index contributed by atoms with van der Waals surface area (Å²) in [7, 11) is 0. The largest absolute Gasteiger partial charge is 0.489 e. The van der Waals surface area contributed by atoms with E-state index in [0.29, 0.717) is 23.5 Å². The number of benzene rings is 3. The molecule has 9 heteroatoms. The smallest absolute Gasteiger partial charge is 0.280 e. The zero-order chi connectivity index (χ0) is 23.1. The van der Waals surface area contributed by atoms with Crippen LogP contribution in [0.25, 0.3) is 11.1 Å². The molecule has 0 aliphatic carbocycles. The summed E-state index contributed by atoms with van der Waals surface area (Å²) in [6, 6.07) is 21.3. The lowest BCUT2D eigenvalue weighted by molar-refractivity contribution is 0.0994. The molecule has 0 radical (unpaired) electrons. The molecular formula is C23H22N6O3. The van der Waals surface area contributed by atoms with E-state index in [9.17, 15) is 9.59 Å². The first kappa shape index (κ1) is 22.0. The molecule has 9 nitrogen and oxygen atoms in total. The lowest BCUT2D eigenvalue weighted by Gasteiger charge is -2.08. The summed E-state index contributed by atoms with van der Waals surface area (Å²) in [5.41, 5.74) is 24.5. The van der Waals surface area contributed by atoms with Crippen molar-refractivity contribution in [2.24, 2.45) is 32.9 Å². The van der Waals surface area contributed by atoms with Crippen LogP contribution in [0.4, 0.5) is 0 Å². The summed E-state index contributed by atoms with van der Waals surface area (Å²) in [6.45, 7) is 0.355. The first-order valence-corrected chi connectivity index (χ1v) is 9.52. The third-order valence-electron chi connectivity index (χ3n) is 4.39. The van der Waals surface area contributed by atoms with E-state index in [1.807, 2.05) is 36.4 Å². The van der Waals surface area contributed by atoms with E-state index >= 15 is 0 Å². The Hall–Kier alpha value is -4.66. The monoisotopic (exact) mass is 430 g/mol. The number of hydrogen-bond acceptors (Lipinski definition) is 3. The highest BCUT2D eigenvalue weighted by molar-refractivity contribution is 6.02. The van der Waals surface area contributed by atoms with Crippen molar-refractivity contribution in [2.45, 2.75) is 6.61 Å². The van der Waals surface area contributed by atoms with E-state index in [-0.39, 0.29) is 11.9 Å². The number of aliphatic imine (C=N–C) groups is 2. The molecule has 2 amide bonds. The van der Waals surface area contributed by atoms with E-state index in [1.165, 1.54) is 0 Å². The second kappa shape index (κ2) is 9.90. The number of hydrogen-bond donors (Lipinski definition) is 4. The van der Waals surface area contributed by atoms with Gasteiger partial charge in [-0.05, 0) is 53.1 Å². The Morgan fingerprint density at radius 2 is 1.03 bits per heavy atom. The summed E-state index contributed by atoms with van der Waals surface area (Å²) < 4.78 is 5.76. The van der Waals surface area contributed by atoms with Crippen molar-refractivity contribution in [3.8, 4) is 16.9 Å². The Kier molecular flexibility index (Phi) is 6.81. The zero-order valence-corrected chi connectivity index (χ0v) is 17.1. The Labute approximate surface area is 184 Å². The average molecular weight is 430 g/mol. The number of carbonyl (C=O) groups is 2. The summed E-state index contributed by atoms with van der Waals surface area (Å²) in [4.78, 5) is 30.6. The van der Waals surface area contributed by atoms with Crippen molar-refractivity contribution in [2.75, 3.05) is 0 Å². The van der Waals surface area contributed by atoms with Gasteiger partial charge in [-0.1, -0.05) is 36.4 Å². The van der Waals surface area contributed by atoms with Gasteiger partial charge in [-0.2, -0.15) is 9.98 Å². The van der Waals surface area contributed by atoms with Crippen molar-refractivity contribution in [3.63, 3.8) is 0 Å². The normalized spacial score (nSPS) is 10.1. The van der Waals surface area contributed by atoms with Crippen molar-refractivity contribution in [1.82, 2.24) is 0 Å². The molecule has 0 aliphatic rings. The number of rotatable bonds is 6. The van der Waals surface area contributed by atoms with Gasteiger partial charge in [0.15, 0.2) is 11.9 Å². The molecule has 162 valence electrons. The molecule has 0 aliphatic heterocycles. The minimum absolute atomic E-state index is 0.271. The van der Waals surface area contributed by atoms with E-state index in [4.69, 9.17) is 27.7 Å². The van der Waals surface area contributed by atoms with E-state index < -0.39 is 11.8 Å². The standard InChI is InChI=1S/C23H22N6O3/c24-22(25)28-20(30)17-7-5-16(6-8-17)15-3-1-14(2-4-15)13-32-19-11-9-18(10-12-19)21(31)29-23(26)27/h1-12H,13H2,(H4,24,25,28,30)(H4,26,27,29,31). The molecule has 0 aromatic heterocycles. The summed E-state index contributed by atoms with van der Waals surface area (Å²) >= 11 is 0. The van der Waals surface area contributed by atoms with Crippen molar-refractivity contribution >= 4 is 23.7 Å². The first-order valence-electron chi connectivity index (χ1n) is 9.52. The fraction of sp³-hybridized carbons (Fsp3) is 0.0435. The lowest BCUT2D eigenvalue weighted by Crippen LogP contribution is -2.24. The molecule has 0 spiro atoms. The topological polar surface area (TPSA) is 172 Å². The molecule has 32 heavy (non-hydrogen) atoms. The Morgan fingerprint density at radius 3 is 1.47 bits per heavy atom. The van der Waals surface area contributed by atoms with Crippen LogP contribution < -0.4 is 27.7 Å². The van der Waals surface area contributed by atoms with Crippen molar-refractivity contribution < 1.29 is 14.3 Å². The highest BCUT2D eigenvalue weighted by atomic mass is 16.5. The molecule has 0 heterocycles. The van der Waals surface area contributed by atoms with Gasteiger partial charge in [0, 0.05) is 11.1 Å². The van der Waals surface area contributed by atoms with Gasteiger partial charge in [-0.3, -0.25) is 9.59 Å². The molecule has 3 aromatic rings. The summed E-state index contributed by atoms with van der Waals surface area (Å²) in [5, 5.41) is 0. The second-order valence-corrected chi connectivity index (χ2v) is 6.77. The fourth-order valence-corrected chi connectivity index (χ4v) is 2.82. The summed E-state index contributed by atoms with van der Waals surface area (Å²) in [6.07, 6.45) is 0. The van der Waals surface area contributed by atoms with Crippen LogP contribution in [0.1, 0.15) is 26.3 Å². The SMILES string of the molecule is NC(N)=NC(=O)c1ccc(OCc2ccc(-c3ccc(C(=O)N=C(N)N)cc3)cc2)cc1. The number of nitrogens with zero attached hydrogens (tertiary/aromatic N) is 2. The minimum atomic E-state index is -0.513. The molecule has 3 aromatic carbocycles. The Balaban J connectivity index is 1.60. The Morgan fingerprint density at radius 1 is 0.625 bits per heavy atom. The first-order chi connectivity index (χ1) is 15.3. The molecule has 0 saturated heterocycles. The van der Waals surface area contributed by atoms with Gasteiger partial charge < -0.3 is 27.7 Å². The van der Waals surface area contributed by atoms with Crippen LogP contribution in [0.5, 0.6) is 5.75 Å². The van der Waals surface area contributed by atoms with E-state index in [0.717, 1.165) is 16.7 Å². The van der Waals surface area contributed by atoms with Gasteiger partial charge in [0.25, 0.3) is 11.8 Å². The molecule has 0 fully saturated rings. The van der Waals surface area contributed by atoms with Crippen LogP contribution in [-0.4, -0.2) is 23.7 Å². The van der Waals surface area contributed by atoms with Crippen LogP contribution in [0.3, 0.4) is 0 Å². The third kappa shape index (κ3) is 5.92. The molecule has 0 saturated carbocycles. The maximum Gasteiger partial charge on any atom is 0.280 e. The predicted octanol–water partition coefficient (Wildman–Crippen LogP) is 1.76. The van der Waals surface area contributed by atoms with Crippen LogP contribution >= 0.6 is 0 Å². The van der Waals surface area contributed by atoms with Gasteiger partial charge in [0.2, 0.25) is 0 Å². The Bertz CT molecular complexity index is 1160. The van der Waals surface area contributed by atoms with Crippen LogP contribution in [0.2, 0.25) is 0 Å². The summed E-state index contributed by atoms with van der Waals surface area (Å²) in [5.74, 6) is -0.948. The van der Waals surface area contributed by atoms with Gasteiger partial charge in [0.05, 0.1) is 0 Å². The van der Waals surface area contributed by atoms with Gasteiger partial charge in [0.1, 0.15) is 12.4 Å². The van der Waals surface area contributed by atoms with E-state index in [1.54, 1.807) is 36.4 Å². The van der Waals surface area contributed by atoms with Crippen LogP contribution in [-0.2, 0) is 6.61 Å². The zero-order valence-electron chi connectivity index (χ0n) is 17.1. The van der Waals surface area contributed by atoms with E-state index in [2.05, 4.69) is 9.98 Å². The third-order valence-corrected chi connectivity index (χ3v) is 4.39. The number of carbonyl (C=O) groups excluding carboxylic acids is 2. The predicted molar refractivity (Wildman–Crippen MR) is 123 cm³/mol. The molecule has 3 rings (SSSR count). The maximum atomic E-state index is 11.8. The lowest BCUT2D eigenvalue weighted by atomic mass is 10.0. The fourth-order valence-electron chi connectivity index (χ4n) is 2.82. The van der Waals surface area contributed by atoms with Crippen LogP contribution in [0.15, 0.2) is 82.8 Å². The highest BCUT2D eigenvalue weighted by Crippen LogP contribution is 2.22. The minimum Gasteiger partial charge on any atom is -0.489 e.